The highest BCUT2D eigenvalue weighted by Gasteiger charge is 2.43. The molecule has 0 radical (unpaired) electrons. The number of allylic oxidation sites excluding steroid dienone is 2. The summed E-state index contributed by atoms with van der Waals surface area (Å²) in [5.41, 5.74) is 8.55. The van der Waals surface area contributed by atoms with Crippen LogP contribution in [0.5, 0.6) is 0 Å². The summed E-state index contributed by atoms with van der Waals surface area (Å²) < 4.78 is 2.01. The number of anilines is 2. The number of carbonyl (C=O) groups excluding carboxylic acids is 1. The zero-order chi connectivity index (χ0) is 24.9. The van der Waals surface area contributed by atoms with Crippen LogP contribution in [0.15, 0.2) is 59.8 Å². The second-order valence-electron chi connectivity index (χ2n) is 10.8. The van der Waals surface area contributed by atoms with Gasteiger partial charge in [-0.1, -0.05) is 43.7 Å². The summed E-state index contributed by atoms with van der Waals surface area (Å²) in [6.07, 6.45) is 1.42. The monoisotopic (exact) mass is 468 g/mol. The molecular formula is C30H36N4O. The second-order valence-corrected chi connectivity index (χ2v) is 10.8. The van der Waals surface area contributed by atoms with Gasteiger partial charge in [-0.05, 0) is 69.4 Å². The molecule has 0 spiro atoms. The van der Waals surface area contributed by atoms with E-state index in [0.29, 0.717) is 6.42 Å². The maximum absolute atomic E-state index is 13.6. The smallest absolute Gasteiger partial charge is 0.162 e. The summed E-state index contributed by atoms with van der Waals surface area (Å²) >= 11 is 0. The Morgan fingerprint density at radius 1 is 1.00 bits per heavy atom. The summed E-state index contributed by atoms with van der Waals surface area (Å²) in [4.78, 5) is 15.9. The topological polar surface area (TPSA) is 50.2 Å². The Kier molecular flexibility index (Phi) is 5.82. The molecule has 0 unspecified atom stereocenters. The van der Waals surface area contributed by atoms with Gasteiger partial charge in [0, 0.05) is 47.9 Å². The highest BCUT2D eigenvalue weighted by Crippen LogP contribution is 2.50. The molecule has 182 valence electrons. The molecule has 5 rings (SSSR count). The van der Waals surface area contributed by atoms with Crippen molar-refractivity contribution in [1.29, 1.82) is 0 Å². The van der Waals surface area contributed by atoms with E-state index in [2.05, 4.69) is 100 Å². The predicted octanol–water partition coefficient (Wildman–Crippen LogP) is 6.54. The molecule has 0 amide bonds. The third kappa shape index (κ3) is 4.07. The first-order chi connectivity index (χ1) is 16.7. The average molecular weight is 469 g/mol. The molecule has 1 aliphatic heterocycles. The van der Waals surface area contributed by atoms with Gasteiger partial charge in [-0.3, -0.25) is 4.79 Å². The van der Waals surface area contributed by atoms with Crippen molar-refractivity contribution in [2.45, 2.75) is 60.3 Å². The lowest BCUT2D eigenvalue weighted by Gasteiger charge is -2.38. The number of benzene rings is 2. The minimum absolute atomic E-state index is 0.0681. The molecule has 1 atom stereocenters. The van der Waals surface area contributed by atoms with Crippen molar-refractivity contribution in [2.24, 2.45) is 5.41 Å². The van der Waals surface area contributed by atoms with E-state index in [-0.39, 0.29) is 17.1 Å². The van der Waals surface area contributed by atoms with Crippen molar-refractivity contribution in [3.63, 3.8) is 0 Å². The van der Waals surface area contributed by atoms with Crippen molar-refractivity contribution in [2.75, 3.05) is 23.3 Å². The number of aryl methyl sites for hydroxylation is 2. The van der Waals surface area contributed by atoms with Gasteiger partial charge in [0.1, 0.15) is 5.82 Å². The minimum Gasteiger partial charge on any atom is -0.372 e. The molecule has 0 saturated heterocycles. The molecule has 0 bridgehead atoms. The Bertz CT molecular complexity index is 1290. The van der Waals surface area contributed by atoms with Crippen LogP contribution in [-0.2, 0) is 4.79 Å². The number of nitrogens with zero attached hydrogens (tertiary/aromatic N) is 3. The first-order valence-corrected chi connectivity index (χ1v) is 12.8. The molecule has 3 aromatic rings. The van der Waals surface area contributed by atoms with Gasteiger partial charge < -0.3 is 10.2 Å². The van der Waals surface area contributed by atoms with Gasteiger partial charge in [0.25, 0.3) is 0 Å². The molecule has 1 N–H and O–H groups in total. The largest absolute Gasteiger partial charge is 0.372 e. The van der Waals surface area contributed by atoms with E-state index in [9.17, 15) is 4.79 Å². The van der Waals surface area contributed by atoms with E-state index in [0.717, 1.165) is 59.1 Å². The first kappa shape index (κ1) is 23.4. The van der Waals surface area contributed by atoms with Crippen LogP contribution in [0.4, 0.5) is 11.5 Å². The Hall–Kier alpha value is -3.34. The molecule has 35 heavy (non-hydrogen) atoms. The zero-order valence-electron chi connectivity index (χ0n) is 21.8. The van der Waals surface area contributed by atoms with Crippen molar-refractivity contribution in [3.8, 4) is 5.69 Å². The van der Waals surface area contributed by atoms with Gasteiger partial charge in [-0.15, -0.1) is 0 Å². The normalized spacial score (nSPS) is 18.7. The summed E-state index contributed by atoms with van der Waals surface area (Å²) in [6, 6.07) is 17.2. The lowest BCUT2D eigenvalue weighted by atomic mass is 9.69. The molecule has 1 aromatic heterocycles. The predicted molar refractivity (Wildman–Crippen MR) is 144 cm³/mol. The summed E-state index contributed by atoms with van der Waals surface area (Å²) in [5.74, 6) is 1.11. The van der Waals surface area contributed by atoms with Crippen LogP contribution in [0.25, 0.3) is 5.69 Å². The zero-order valence-corrected chi connectivity index (χ0v) is 21.8. The molecule has 2 aliphatic rings. The van der Waals surface area contributed by atoms with E-state index in [1.807, 2.05) is 4.68 Å². The van der Waals surface area contributed by atoms with Crippen molar-refractivity contribution >= 4 is 17.3 Å². The van der Waals surface area contributed by atoms with Crippen LogP contribution in [-0.4, -0.2) is 28.7 Å². The molecular weight excluding hydrogens is 432 g/mol. The number of hydrogen-bond donors (Lipinski definition) is 1. The summed E-state index contributed by atoms with van der Waals surface area (Å²) in [5, 5.41) is 8.65. The number of ketones is 1. The summed E-state index contributed by atoms with van der Waals surface area (Å²) in [7, 11) is 0. The van der Waals surface area contributed by atoms with Crippen LogP contribution in [0.3, 0.4) is 0 Å². The molecule has 2 heterocycles. The molecule has 0 saturated carbocycles. The lowest BCUT2D eigenvalue weighted by molar-refractivity contribution is -0.118. The number of fused-ring (bicyclic) bond motifs is 1. The maximum atomic E-state index is 13.6. The van der Waals surface area contributed by atoms with E-state index in [1.165, 1.54) is 11.3 Å². The van der Waals surface area contributed by atoms with Gasteiger partial charge in [-0.25, -0.2) is 4.68 Å². The fraction of sp³-hybridized carbons (Fsp3) is 0.400. The van der Waals surface area contributed by atoms with E-state index >= 15 is 0 Å². The molecule has 0 fully saturated rings. The van der Waals surface area contributed by atoms with Gasteiger partial charge in [0.05, 0.1) is 11.4 Å². The van der Waals surface area contributed by atoms with E-state index in [4.69, 9.17) is 5.10 Å². The number of rotatable bonds is 5. The van der Waals surface area contributed by atoms with Crippen LogP contribution in [0.2, 0.25) is 0 Å². The van der Waals surface area contributed by atoms with Crippen molar-refractivity contribution < 1.29 is 4.79 Å². The Morgan fingerprint density at radius 2 is 1.66 bits per heavy atom. The highest BCUT2D eigenvalue weighted by atomic mass is 16.1. The third-order valence-corrected chi connectivity index (χ3v) is 7.51. The number of Topliss-reactive ketones (excluding diaryl/α,β-unsaturated/α-hetero) is 1. The number of hydrogen-bond acceptors (Lipinski definition) is 4. The standard InChI is InChI=1S/C30H36N4O/c1-7-33(8-2)22-15-11-21(12-16-22)27-26-20(4)32-34(23-13-9-19(3)10-14-23)29(26)31-24-17-30(5,6)18-25(35)28(24)27/h9-16,27,31H,7-8,17-18H2,1-6H3/t27-/m1/s1. The van der Waals surface area contributed by atoms with Crippen LogP contribution in [0, 0.1) is 19.3 Å². The number of carbonyl (C=O) groups is 1. The van der Waals surface area contributed by atoms with Gasteiger partial charge in [0.2, 0.25) is 0 Å². The first-order valence-electron chi connectivity index (χ1n) is 12.8. The number of aromatic nitrogens is 2. The third-order valence-electron chi connectivity index (χ3n) is 7.51. The molecule has 5 nitrogen and oxygen atoms in total. The lowest BCUT2D eigenvalue weighted by Crippen LogP contribution is -2.34. The van der Waals surface area contributed by atoms with E-state index < -0.39 is 0 Å². The SMILES string of the molecule is CCN(CC)c1ccc([C@H]2C3=C(CC(C)(C)CC3=O)Nc3c2c(C)nn3-c2ccc(C)cc2)cc1. The van der Waals surface area contributed by atoms with Crippen LogP contribution < -0.4 is 10.2 Å². The average Bonchev–Trinajstić information content (AvgIpc) is 3.14. The Morgan fingerprint density at radius 3 is 2.29 bits per heavy atom. The Balaban J connectivity index is 1.68. The number of nitrogens with one attached hydrogen (secondary N) is 1. The van der Waals surface area contributed by atoms with Gasteiger partial charge >= 0.3 is 0 Å². The summed E-state index contributed by atoms with van der Waals surface area (Å²) in [6.45, 7) is 14.8. The van der Waals surface area contributed by atoms with Gasteiger partial charge in [0.15, 0.2) is 5.78 Å². The second kappa shape index (κ2) is 8.71. The fourth-order valence-corrected chi connectivity index (χ4v) is 5.75. The van der Waals surface area contributed by atoms with Crippen LogP contribution >= 0.6 is 0 Å². The Labute approximate surface area is 208 Å². The fourth-order valence-electron chi connectivity index (χ4n) is 5.75. The van der Waals surface area contributed by atoms with Crippen LogP contribution in [0.1, 0.15) is 68.8 Å². The highest BCUT2D eigenvalue weighted by molar-refractivity contribution is 6.01. The molecule has 5 heteroatoms. The molecule has 2 aromatic carbocycles. The van der Waals surface area contributed by atoms with Crippen molar-refractivity contribution in [1.82, 2.24) is 9.78 Å². The minimum atomic E-state index is -0.116. The quantitative estimate of drug-likeness (QED) is 0.462. The van der Waals surface area contributed by atoms with Crippen molar-refractivity contribution in [3.05, 3.63) is 82.2 Å². The maximum Gasteiger partial charge on any atom is 0.162 e. The molecule has 1 aliphatic carbocycles. The van der Waals surface area contributed by atoms with E-state index in [1.54, 1.807) is 0 Å². The van der Waals surface area contributed by atoms with Gasteiger partial charge in [-0.2, -0.15) is 5.10 Å².